The minimum absolute atomic E-state index is 0.00983. The van der Waals surface area contributed by atoms with E-state index in [-0.39, 0.29) is 15.9 Å². The molecule has 2 aromatic carbocycles. The van der Waals surface area contributed by atoms with Crippen molar-refractivity contribution in [2.24, 2.45) is 10.3 Å². The van der Waals surface area contributed by atoms with Crippen LogP contribution in [0.4, 0.5) is 10.5 Å². The Bertz CT molecular complexity index is 1150. The number of carbonyl (C=O) groups excluding carboxylic acids is 1. The summed E-state index contributed by atoms with van der Waals surface area (Å²) in [7, 11) is 1.56. The number of hydrazone groups is 1. The van der Waals surface area contributed by atoms with Crippen LogP contribution in [0.25, 0.3) is 0 Å². The third kappa shape index (κ3) is 4.42. The number of nitrogens with one attached hydrogen (secondary N) is 1. The van der Waals surface area contributed by atoms with Gasteiger partial charge in [0.25, 0.3) is 5.24 Å². The fraction of sp³-hybridized carbons (Fsp3) is 0.375. The van der Waals surface area contributed by atoms with Crippen LogP contribution in [0.3, 0.4) is 0 Å². The first kappa shape index (κ1) is 23.4. The van der Waals surface area contributed by atoms with Crippen molar-refractivity contribution in [1.82, 2.24) is 5.43 Å². The van der Waals surface area contributed by atoms with E-state index < -0.39 is 0 Å². The zero-order valence-electron chi connectivity index (χ0n) is 19.1. The molecule has 2 aliphatic rings. The SMILES string of the molecule is CCC1SC(=O)NN=C1c1ccc2c(c1)C(C)(C)CCN2/C(=N\O)c1ccc(OC)c(Cl)c1. The second-order valence-electron chi connectivity index (χ2n) is 8.70. The maximum absolute atomic E-state index is 11.8. The fourth-order valence-corrected chi connectivity index (χ4v) is 5.41. The molecule has 7 nitrogen and oxygen atoms in total. The van der Waals surface area contributed by atoms with Crippen LogP contribution >= 0.6 is 23.4 Å². The summed E-state index contributed by atoms with van der Waals surface area (Å²) in [6.07, 6.45) is 1.67. The van der Waals surface area contributed by atoms with Crippen molar-refractivity contribution in [1.29, 1.82) is 0 Å². The summed E-state index contributed by atoms with van der Waals surface area (Å²) in [6, 6.07) is 11.5. The first-order valence-corrected chi connectivity index (χ1v) is 12.1. The van der Waals surface area contributed by atoms with E-state index in [1.807, 2.05) is 23.1 Å². The Kier molecular flexibility index (Phi) is 6.59. The lowest BCUT2D eigenvalue weighted by Crippen LogP contribution is -2.42. The fourth-order valence-electron chi connectivity index (χ4n) is 4.33. The number of methoxy groups -OCH3 is 1. The van der Waals surface area contributed by atoms with Crippen molar-refractivity contribution in [3.63, 3.8) is 0 Å². The molecule has 0 fully saturated rings. The number of amides is 1. The van der Waals surface area contributed by atoms with Gasteiger partial charge in [-0.1, -0.05) is 55.4 Å². The molecule has 0 radical (unpaired) electrons. The van der Waals surface area contributed by atoms with E-state index >= 15 is 0 Å². The van der Waals surface area contributed by atoms with Crippen LogP contribution < -0.4 is 15.1 Å². The molecular formula is C24H27ClN4O3S. The van der Waals surface area contributed by atoms with Crippen LogP contribution in [0.1, 0.15) is 50.3 Å². The molecule has 2 N–H and O–H groups in total. The molecule has 0 saturated carbocycles. The van der Waals surface area contributed by atoms with E-state index in [4.69, 9.17) is 16.3 Å². The predicted molar refractivity (Wildman–Crippen MR) is 134 cm³/mol. The van der Waals surface area contributed by atoms with Crippen LogP contribution in [0.15, 0.2) is 46.7 Å². The van der Waals surface area contributed by atoms with E-state index in [0.29, 0.717) is 28.7 Å². The molecule has 0 aromatic heterocycles. The lowest BCUT2D eigenvalue weighted by Gasteiger charge is -2.40. The molecule has 2 heterocycles. The average molecular weight is 487 g/mol. The van der Waals surface area contributed by atoms with Crippen LogP contribution in [0.5, 0.6) is 5.75 Å². The van der Waals surface area contributed by atoms with Crippen molar-refractivity contribution < 1.29 is 14.7 Å². The highest BCUT2D eigenvalue weighted by atomic mass is 35.5. The second-order valence-corrected chi connectivity index (χ2v) is 10.3. The molecule has 33 heavy (non-hydrogen) atoms. The minimum atomic E-state index is -0.128. The highest BCUT2D eigenvalue weighted by Crippen LogP contribution is 2.42. The first-order valence-electron chi connectivity index (χ1n) is 10.8. The van der Waals surface area contributed by atoms with Crippen molar-refractivity contribution >= 4 is 45.8 Å². The number of anilines is 1. The summed E-state index contributed by atoms with van der Waals surface area (Å²) >= 11 is 7.61. The average Bonchev–Trinajstić information content (AvgIpc) is 2.81. The number of hydrogen-bond donors (Lipinski definition) is 2. The van der Waals surface area contributed by atoms with Crippen LogP contribution in [-0.4, -0.2) is 40.9 Å². The van der Waals surface area contributed by atoms with E-state index in [2.05, 4.69) is 42.5 Å². The number of halogens is 1. The quantitative estimate of drug-likeness (QED) is 0.254. The monoisotopic (exact) mass is 486 g/mol. The first-order chi connectivity index (χ1) is 15.8. The Labute approximate surface area is 202 Å². The molecule has 0 aliphatic carbocycles. The lowest BCUT2D eigenvalue weighted by atomic mass is 9.76. The number of ether oxygens (including phenoxy) is 1. The van der Waals surface area contributed by atoms with Crippen molar-refractivity contribution in [2.75, 3.05) is 18.6 Å². The molecule has 0 bridgehead atoms. The third-order valence-electron chi connectivity index (χ3n) is 6.23. The summed E-state index contributed by atoms with van der Waals surface area (Å²) in [4.78, 5) is 13.8. The molecule has 1 atom stereocenters. The van der Waals surface area contributed by atoms with Gasteiger partial charge in [-0.25, -0.2) is 5.43 Å². The van der Waals surface area contributed by atoms with Crippen LogP contribution in [-0.2, 0) is 5.41 Å². The maximum Gasteiger partial charge on any atom is 0.299 e. The Morgan fingerprint density at radius 1 is 1.36 bits per heavy atom. The van der Waals surface area contributed by atoms with Gasteiger partial charge in [-0.2, -0.15) is 5.10 Å². The molecule has 2 aromatic rings. The zero-order valence-corrected chi connectivity index (χ0v) is 20.6. The predicted octanol–water partition coefficient (Wildman–Crippen LogP) is 5.61. The zero-order chi connectivity index (χ0) is 23.8. The van der Waals surface area contributed by atoms with Gasteiger partial charge < -0.3 is 14.8 Å². The summed E-state index contributed by atoms with van der Waals surface area (Å²) in [5.41, 5.74) is 7.15. The van der Waals surface area contributed by atoms with Gasteiger partial charge in [0.1, 0.15) is 5.75 Å². The van der Waals surface area contributed by atoms with Gasteiger partial charge in [-0.3, -0.25) is 4.79 Å². The number of amidine groups is 1. The molecule has 0 saturated heterocycles. The number of thioether (sulfide) groups is 1. The van der Waals surface area contributed by atoms with Gasteiger partial charge in [-0.05, 0) is 59.7 Å². The van der Waals surface area contributed by atoms with Gasteiger partial charge in [0.15, 0.2) is 5.84 Å². The topological polar surface area (TPSA) is 86.5 Å². The van der Waals surface area contributed by atoms with Crippen molar-refractivity contribution in [2.45, 2.75) is 44.3 Å². The number of nitrogens with zero attached hydrogens (tertiary/aromatic N) is 3. The molecule has 4 rings (SSSR count). The van der Waals surface area contributed by atoms with Crippen molar-refractivity contribution in [3.05, 3.63) is 58.1 Å². The van der Waals surface area contributed by atoms with E-state index in [1.54, 1.807) is 19.2 Å². The third-order valence-corrected chi connectivity index (χ3v) is 7.67. The Balaban J connectivity index is 1.77. The molecule has 174 valence electrons. The number of oxime groups is 1. The molecule has 2 aliphatic heterocycles. The van der Waals surface area contributed by atoms with Crippen molar-refractivity contribution in [3.8, 4) is 5.75 Å². The Morgan fingerprint density at radius 2 is 2.15 bits per heavy atom. The Morgan fingerprint density at radius 3 is 2.82 bits per heavy atom. The summed E-state index contributed by atoms with van der Waals surface area (Å²) in [6.45, 7) is 7.17. The standard InChI is InChI=1S/C24H27ClN4O3S/c1-5-20-21(26-27-23(30)33-20)14-6-8-18-16(12-14)24(2,3)10-11-29(18)22(28-31)15-7-9-19(32-4)17(25)13-15/h6-9,12-13,20,31H,5,10-11H2,1-4H3,(H,27,30)/b28-22-. The summed E-state index contributed by atoms with van der Waals surface area (Å²) < 4.78 is 5.25. The Hall–Kier alpha value is -2.71. The highest BCUT2D eigenvalue weighted by molar-refractivity contribution is 8.14. The largest absolute Gasteiger partial charge is 0.495 e. The molecule has 9 heteroatoms. The number of rotatable bonds is 4. The molecule has 1 amide bonds. The van der Waals surface area contributed by atoms with E-state index in [9.17, 15) is 10.0 Å². The second kappa shape index (κ2) is 9.27. The van der Waals surface area contributed by atoms with Gasteiger partial charge in [-0.15, -0.1) is 0 Å². The highest BCUT2D eigenvalue weighted by Gasteiger charge is 2.35. The van der Waals surface area contributed by atoms with Crippen LogP contribution in [0.2, 0.25) is 5.02 Å². The van der Waals surface area contributed by atoms with E-state index in [1.165, 1.54) is 11.8 Å². The van der Waals surface area contributed by atoms with Crippen LogP contribution in [0, 0.1) is 0 Å². The number of carbonyl (C=O) groups is 1. The van der Waals surface area contributed by atoms with E-state index in [0.717, 1.165) is 35.4 Å². The maximum atomic E-state index is 11.8. The summed E-state index contributed by atoms with van der Waals surface area (Å²) in [5.74, 6) is 0.986. The minimum Gasteiger partial charge on any atom is -0.495 e. The lowest BCUT2D eigenvalue weighted by molar-refractivity contribution is 0.260. The molecule has 1 unspecified atom stereocenters. The smallest absolute Gasteiger partial charge is 0.299 e. The summed E-state index contributed by atoms with van der Waals surface area (Å²) in [5, 5.41) is 18.3. The number of hydrogen-bond acceptors (Lipinski definition) is 6. The molecular weight excluding hydrogens is 460 g/mol. The number of benzene rings is 2. The van der Waals surface area contributed by atoms with Gasteiger partial charge in [0.2, 0.25) is 0 Å². The number of fused-ring (bicyclic) bond motifs is 1. The molecule has 0 spiro atoms. The van der Waals surface area contributed by atoms with Gasteiger partial charge in [0, 0.05) is 17.8 Å². The van der Waals surface area contributed by atoms with Gasteiger partial charge >= 0.3 is 0 Å². The van der Waals surface area contributed by atoms with Gasteiger partial charge in [0.05, 0.1) is 23.1 Å². The normalized spacial score (nSPS) is 20.1.